The molecule has 4 aromatic heterocycles. The van der Waals surface area contributed by atoms with Crippen LogP contribution in [-0.2, 0) is 6.54 Å². The average molecular weight is 487 g/mol. The third kappa shape index (κ3) is 3.64. The molecule has 0 unspecified atom stereocenters. The zero-order valence-electron chi connectivity index (χ0n) is 16.5. The molecule has 0 saturated carbocycles. The summed E-state index contributed by atoms with van der Waals surface area (Å²) in [4.78, 5) is 22.5. The third-order valence-corrected chi connectivity index (χ3v) is 6.16. The van der Waals surface area contributed by atoms with Gasteiger partial charge in [0.05, 0.1) is 11.1 Å². The van der Waals surface area contributed by atoms with Gasteiger partial charge in [-0.2, -0.15) is 14.0 Å². The molecule has 1 aromatic carbocycles. The van der Waals surface area contributed by atoms with Crippen LogP contribution in [0.1, 0.15) is 10.8 Å². The van der Waals surface area contributed by atoms with E-state index in [1.165, 1.54) is 15.7 Å². The standard InChI is InChI=1S/C21H13Cl2N5O3S/c1-11-25-18(26-31-11)13-6-12(7-14(22)8-13)17-19(29)27-5-3-2-4-16(27)28(20(17)30)10-15-9-24-21(23)32-15/h2-9H,10H2,1H3/p+1. The molecule has 0 saturated heterocycles. The van der Waals surface area contributed by atoms with Gasteiger partial charge < -0.3 is 9.63 Å². The molecule has 4 heterocycles. The predicted octanol–water partition coefficient (Wildman–Crippen LogP) is 4.13. The van der Waals surface area contributed by atoms with Gasteiger partial charge in [-0.1, -0.05) is 34.4 Å². The second-order valence-corrected chi connectivity index (χ2v) is 9.10. The van der Waals surface area contributed by atoms with E-state index < -0.39 is 5.56 Å². The minimum Gasteiger partial charge on any atom is -0.477 e. The smallest absolute Gasteiger partial charge is 0.354 e. The number of rotatable bonds is 4. The van der Waals surface area contributed by atoms with E-state index in [9.17, 15) is 9.90 Å². The summed E-state index contributed by atoms with van der Waals surface area (Å²) in [6.45, 7) is 1.95. The van der Waals surface area contributed by atoms with Crippen molar-refractivity contribution in [1.29, 1.82) is 0 Å². The Morgan fingerprint density at radius 1 is 1.22 bits per heavy atom. The number of nitrogens with zero attached hydrogens (tertiary/aromatic N) is 5. The van der Waals surface area contributed by atoms with Crippen molar-refractivity contribution in [2.24, 2.45) is 0 Å². The highest BCUT2D eigenvalue weighted by atomic mass is 35.5. The molecule has 0 bridgehead atoms. The van der Waals surface area contributed by atoms with Gasteiger partial charge in [-0.15, -0.1) is 11.3 Å². The molecule has 1 N–H and O–H groups in total. The number of aromatic nitrogens is 5. The summed E-state index contributed by atoms with van der Waals surface area (Å²) in [5.41, 5.74) is 1.19. The Kier molecular flexibility index (Phi) is 5.16. The average Bonchev–Trinajstić information content (AvgIpc) is 3.39. The van der Waals surface area contributed by atoms with Crippen molar-refractivity contribution in [1.82, 2.24) is 19.5 Å². The van der Waals surface area contributed by atoms with E-state index in [2.05, 4.69) is 15.1 Å². The molecule has 32 heavy (non-hydrogen) atoms. The van der Waals surface area contributed by atoms with E-state index in [0.29, 0.717) is 38.0 Å². The van der Waals surface area contributed by atoms with E-state index in [1.54, 1.807) is 60.3 Å². The van der Waals surface area contributed by atoms with E-state index in [1.807, 2.05) is 0 Å². The first-order chi connectivity index (χ1) is 15.4. The Morgan fingerprint density at radius 3 is 2.75 bits per heavy atom. The van der Waals surface area contributed by atoms with E-state index in [0.717, 1.165) is 4.88 Å². The number of benzene rings is 1. The van der Waals surface area contributed by atoms with Crippen molar-refractivity contribution in [2.45, 2.75) is 13.5 Å². The second-order valence-electron chi connectivity index (χ2n) is 6.96. The van der Waals surface area contributed by atoms with Crippen LogP contribution in [0.4, 0.5) is 0 Å². The van der Waals surface area contributed by atoms with Crippen LogP contribution in [0.5, 0.6) is 5.88 Å². The van der Waals surface area contributed by atoms with Crippen LogP contribution < -0.4 is 10.1 Å². The van der Waals surface area contributed by atoms with Crippen molar-refractivity contribution in [2.75, 3.05) is 0 Å². The molecule has 0 atom stereocenters. The van der Waals surface area contributed by atoms with Crippen LogP contribution in [0.15, 0.2) is 58.1 Å². The summed E-state index contributed by atoms with van der Waals surface area (Å²) in [5.74, 6) is 0.526. The first-order valence-corrected chi connectivity index (χ1v) is 11.0. The molecular weight excluding hydrogens is 473 g/mol. The first-order valence-electron chi connectivity index (χ1n) is 9.39. The van der Waals surface area contributed by atoms with Gasteiger partial charge >= 0.3 is 5.56 Å². The maximum Gasteiger partial charge on any atom is 0.354 e. The number of hydrogen-bond donors (Lipinski definition) is 1. The summed E-state index contributed by atoms with van der Waals surface area (Å²) < 4.78 is 8.55. The van der Waals surface area contributed by atoms with E-state index in [4.69, 9.17) is 27.7 Å². The topological polar surface area (TPSA) is 97.4 Å². The summed E-state index contributed by atoms with van der Waals surface area (Å²) in [7, 11) is 0. The minimum atomic E-state index is -0.394. The van der Waals surface area contributed by atoms with Gasteiger partial charge in [-0.25, -0.2) is 9.78 Å². The molecule has 5 rings (SSSR count). The number of thiazole rings is 1. The number of hydrogen-bond acceptors (Lipinski definition) is 7. The van der Waals surface area contributed by atoms with Crippen molar-refractivity contribution in [3.63, 3.8) is 0 Å². The molecule has 0 amide bonds. The molecular formula is C21H14Cl2N5O3S+. The molecule has 0 aliphatic carbocycles. The fraction of sp³-hybridized carbons (Fsp3) is 0.0952. The van der Waals surface area contributed by atoms with Crippen molar-refractivity contribution >= 4 is 40.2 Å². The van der Waals surface area contributed by atoms with Gasteiger partial charge in [0.2, 0.25) is 11.7 Å². The Balaban J connectivity index is 1.76. The Hall–Kier alpha value is -3.27. The number of halogens is 2. The lowest BCUT2D eigenvalue weighted by atomic mass is 10.0. The van der Waals surface area contributed by atoms with Gasteiger partial charge in [0.15, 0.2) is 10.0 Å². The Bertz CT molecular complexity index is 1540. The number of aromatic hydroxyl groups is 1. The molecule has 11 heteroatoms. The minimum absolute atomic E-state index is 0.0910. The maximum atomic E-state index is 13.4. The lowest BCUT2D eigenvalue weighted by molar-refractivity contribution is -0.671. The van der Waals surface area contributed by atoms with Crippen LogP contribution in [0.2, 0.25) is 9.49 Å². The largest absolute Gasteiger partial charge is 0.477 e. The Morgan fingerprint density at radius 2 is 2.03 bits per heavy atom. The fourth-order valence-electron chi connectivity index (χ4n) is 3.49. The van der Waals surface area contributed by atoms with Crippen LogP contribution in [0, 0.1) is 6.92 Å². The van der Waals surface area contributed by atoms with Crippen LogP contribution in [0.3, 0.4) is 0 Å². The van der Waals surface area contributed by atoms with Crippen LogP contribution in [-0.4, -0.2) is 24.6 Å². The second kappa shape index (κ2) is 8.01. The van der Waals surface area contributed by atoms with Crippen molar-refractivity contribution in [3.05, 3.63) is 79.4 Å². The van der Waals surface area contributed by atoms with Crippen molar-refractivity contribution < 1.29 is 14.2 Å². The summed E-state index contributed by atoms with van der Waals surface area (Å²) in [6, 6.07) is 10.2. The van der Waals surface area contributed by atoms with Crippen LogP contribution >= 0.6 is 34.5 Å². The summed E-state index contributed by atoms with van der Waals surface area (Å²) in [5, 5.41) is 15.5. The van der Waals surface area contributed by atoms with Gasteiger partial charge in [0.25, 0.3) is 11.5 Å². The van der Waals surface area contributed by atoms with Gasteiger partial charge in [0.1, 0.15) is 6.54 Å². The predicted molar refractivity (Wildman–Crippen MR) is 120 cm³/mol. The third-order valence-electron chi connectivity index (χ3n) is 4.84. The van der Waals surface area contributed by atoms with Gasteiger partial charge in [-0.05, 0) is 29.8 Å². The monoisotopic (exact) mass is 486 g/mol. The van der Waals surface area contributed by atoms with Crippen LogP contribution in [0.25, 0.3) is 28.2 Å². The van der Waals surface area contributed by atoms with E-state index >= 15 is 0 Å². The lowest BCUT2D eigenvalue weighted by Gasteiger charge is -2.10. The zero-order chi connectivity index (χ0) is 22.4. The van der Waals surface area contributed by atoms with Crippen molar-refractivity contribution in [3.8, 4) is 28.4 Å². The molecule has 8 nitrogen and oxygen atoms in total. The molecule has 0 aliphatic heterocycles. The summed E-state index contributed by atoms with van der Waals surface area (Å²) in [6.07, 6.45) is 3.28. The first kappa shape index (κ1) is 20.6. The maximum absolute atomic E-state index is 13.4. The fourth-order valence-corrected chi connectivity index (χ4v) is 4.69. The zero-order valence-corrected chi connectivity index (χ0v) is 18.8. The van der Waals surface area contributed by atoms with E-state index in [-0.39, 0.29) is 18.0 Å². The normalized spacial score (nSPS) is 11.3. The highest BCUT2D eigenvalue weighted by molar-refractivity contribution is 7.15. The molecule has 5 aromatic rings. The van der Waals surface area contributed by atoms with Gasteiger partial charge in [-0.3, -0.25) is 0 Å². The molecule has 0 aliphatic rings. The molecule has 160 valence electrons. The molecule has 0 radical (unpaired) electrons. The lowest BCUT2D eigenvalue weighted by Crippen LogP contribution is -2.41. The van der Waals surface area contributed by atoms with Gasteiger partial charge in [0, 0.05) is 29.8 Å². The number of fused-ring (bicyclic) bond motifs is 1. The molecule has 0 spiro atoms. The quantitative estimate of drug-likeness (QED) is 0.383. The summed E-state index contributed by atoms with van der Waals surface area (Å²) >= 11 is 13.6. The number of aryl methyl sites for hydroxylation is 1. The number of pyridine rings is 1. The molecule has 0 fully saturated rings. The SMILES string of the molecule is Cc1nc(-c2cc(Cl)cc(-c3c(O)[n+](Cc4cnc(Cl)s4)c4ccccn4c3=O)c2)no1. The Labute approximate surface area is 194 Å². The highest BCUT2D eigenvalue weighted by Crippen LogP contribution is 2.31. The highest BCUT2D eigenvalue weighted by Gasteiger charge is 2.26.